The molecule has 16 heavy (non-hydrogen) atoms. The van der Waals surface area contributed by atoms with Crippen molar-refractivity contribution in [1.82, 2.24) is 0 Å². The van der Waals surface area contributed by atoms with Gasteiger partial charge >= 0.3 is 0 Å². The van der Waals surface area contributed by atoms with Gasteiger partial charge in [-0.2, -0.15) is 0 Å². The summed E-state index contributed by atoms with van der Waals surface area (Å²) >= 11 is 0. The normalized spacial score (nSPS) is 13.6. The van der Waals surface area contributed by atoms with E-state index >= 15 is 0 Å². The van der Waals surface area contributed by atoms with Crippen LogP contribution in [-0.2, 0) is 10.2 Å². The van der Waals surface area contributed by atoms with Crippen molar-refractivity contribution in [2.45, 2.75) is 45.6 Å². The smallest absolute Gasteiger partial charge is 0.131 e. The van der Waals surface area contributed by atoms with Gasteiger partial charge in [0.15, 0.2) is 0 Å². The van der Waals surface area contributed by atoms with Crippen LogP contribution in [-0.4, -0.2) is 5.78 Å². The predicted octanol–water partition coefficient (Wildman–Crippen LogP) is 2.96. The van der Waals surface area contributed by atoms with E-state index in [1.807, 2.05) is 12.1 Å². The molecule has 0 aliphatic heterocycles. The van der Waals surface area contributed by atoms with Crippen molar-refractivity contribution >= 4 is 5.78 Å². The van der Waals surface area contributed by atoms with Gasteiger partial charge in [0.05, 0.1) is 0 Å². The van der Waals surface area contributed by atoms with Crippen LogP contribution in [0.4, 0.5) is 0 Å². The van der Waals surface area contributed by atoms with Crippen molar-refractivity contribution in [2.75, 3.05) is 0 Å². The van der Waals surface area contributed by atoms with Gasteiger partial charge < -0.3 is 5.73 Å². The van der Waals surface area contributed by atoms with Crippen LogP contribution in [0.25, 0.3) is 0 Å². The van der Waals surface area contributed by atoms with Gasteiger partial charge in [-0.25, -0.2) is 0 Å². The van der Waals surface area contributed by atoms with Crippen LogP contribution in [0.5, 0.6) is 0 Å². The Labute approximate surface area is 97.9 Å². The van der Waals surface area contributed by atoms with E-state index in [1.54, 1.807) is 6.92 Å². The van der Waals surface area contributed by atoms with Crippen molar-refractivity contribution in [3.05, 3.63) is 35.4 Å². The van der Waals surface area contributed by atoms with Gasteiger partial charge in [0.2, 0.25) is 0 Å². The second-order valence-corrected chi connectivity index (χ2v) is 5.38. The minimum absolute atomic E-state index is 0.132. The SMILES string of the molecule is CC(=O)CC(N)c1ccc(C(C)(C)C)cc1. The standard InChI is InChI=1S/C14H21NO/c1-10(16)9-13(15)11-5-7-12(8-6-11)14(2,3)4/h5-8,13H,9,15H2,1-4H3. The molecular formula is C14H21NO. The number of carbonyl (C=O) groups excluding carboxylic acids is 1. The third kappa shape index (κ3) is 3.46. The van der Waals surface area contributed by atoms with Gasteiger partial charge in [0.1, 0.15) is 5.78 Å². The fourth-order valence-corrected chi connectivity index (χ4v) is 1.66. The molecule has 0 fully saturated rings. The second-order valence-electron chi connectivity index (χ2n) is 5.38. The second kappa shape index (κ2) is 4.79. The first-order valence-corrected chi connectivity index (χ1v) is 5.66. The Balaban J connectivity index is 2.83. The number of hydrogen-bond acceptors (Lipinski definition) is 2. The third-order valence-electron chi connectivity index (χ3n) is 2.71. The molecule has 1 unspecified atom stereocenters. The van der Waals surface area contributed by atoms with E-state index in [0.29, 0.717) is 6.42 Å². The van der Waals surface area contributed by atoms with Crippen molar-refractivity contribution in [3.63, 3.8) is 0 Å². The quantitative estimate of drug-likeness (QED) is 0.849. The number of Topliss-reactive ketones (excluding diaryl/α,β-unsaturated/α-hetero) is 1. The summed E-state index contributed by atoms with van der Waals surface area (Å²) in [7, 11) is 0. The molecule has 88 valence electrons. The lowest BCUT2D eigenvalue weighted by atomic mass is 9.86. The maximum Gasteiger partial charge on any atom is 0.131 e. The number of nitrogens with two attached hydrogens (primary N) is 1. The lowest BCUT2D eigenvalue weighted by molar-refractivity contribution is -0.117. The number of ketones is 1. The van der Waals surface area contributed by atoms with Crippen LogP contribution in [0.15, 0.2) is 24.3 Å². The molecule has 1 aromatic rings. The molecule has 0 spiro atoms. The van der Waals surface area contributed by atoms with E-state index in [9.17, 15) is 4.79 Å². The molecule has 2 N–H and O–H groups in total. The van der Waals surface area contributed by atoms with Crippen molar-refractivity contribution in [1.29, 1.82) is 0 Å². The zero-order valence-corrected chi connectivity index (χ0v) is 10.6. The summed E-state index contributed by atoms with van der Waals surface area (Å²) in [5.41, 5.74) is 8.40. The molecule has 0 aromatic heterocycles. The number of carbonyl (C=O) groups is 1. The number of benzene rings is 1. The molecule has 2 heteroatoms. The van der Waals surface area contributed by atoms with E-state index < -0.39 is 0 Å². The van der Waals surface area contributed by atoms with Crippen LogP contribution >= 0.6 is 0 Å². The summed E-state index contributed by atoms with van der Waals surface area (Å²) in [6.07, 6.45) is 0.412. The molecule has 0 bridgehead atoms. The highest BCUT2D eigenvalue weighted by atomic mass is 16.1. The van der Waals surface area contributed by atoms with Crippen LogP contribution in [0, 0.1) is 0 Å². The molecule has 0 radical (unpaired) electrons. The molecule has 0 saturated heterocycles. The number of rotatable bonds is 3. The first-order valence-electron chi connectivity index (χ1n) is 5.66. The van der Waals surface area contributed by atoms with Crippen molar-refractivity contribution < 1.29 is 4.79 Å². The first kappa shape index (κ1) is 12.9. The zero-order chi connectivity index (χ0) is 12.3. The summed E-state index contributed by atoms with van der Waals surface area (Å²) in [6.45, 7) is 8.11. The molecule has 1 aromatic carbocycles. The molecule has 0 heterocycles. The molecular weight excluding hydrogens is 198 g/mol. The zero-order valence-electron chi connectivity index (χ0n) is 10.6. The third-order valence-corrected chi connectivity index (χ3v) is 2.71. The first-order chi connectivity index (χ1) is 7.30. The van der Waals surface area contributed by atoms with Gasteiger partial charge in [-0.1, -0.05) is 45.0 Å². The lowest BCUT2D eigenvalue weighted by Gasteiger charge is -2.20. The molecule has 0 amide bonds. The molecule has 0 aliphatic rings. The summed E-state index contributed by atoms with van der Waals surface area (Å²) in [5, 5.41) is 0. The average Bonchev–Trinajstić information content (AvgIpc) is 2.15. The van der Waals surface area contributed by atoms with Crippen molar-refractivity contribution in [2.24, 2.45) is 5.73 Å². The van der Waals surface area contributed by atoms with Gasteiger partial charge in [-0.15, -0.1) is 0 Å². The van der Waals surface area contributed by atoms with Gasteiger partial charge in [0.25, 0.3) is 0 Å². The molecule has 1 atom stereocenters. The topological polar surface area (TPSA) is 43.1 Å². The lowest BCUT2D eigenvalue weighted by Crippen LogP contribution is -2.15. The maximum absolute atomic E-state index is 11.0. The summed E-state index contributed by atoms with van der Waals surface area (Å²) < 4.78 is 0. The van der Waals surface area contributed by atoms with Crippen LogP contribution < -0.4 is 5.73 Å². The monoisotopic (exact) mass is 219 g/mol. The minimum Gasteiger partial charge on any atom is -0.324 e. The van der Waals surface area contributed by atoms with Crippen molar-refractivity contribution in [3.8, 4) is 0 Å². The summed E-state index contributed by atoms with van der Waals surface area (Å²) in [4.78, 5) is 11.0. The Morgan fingerprint density at radius 2 is 1.75 bits per heavy atom. The Kier molecular flexibility index (Phi) is 3.87. The van der Waals surface area contributed by atoms with Gasteiger partial charge in [-0.3, -0.25) is 4.79 Å². The molecule has 2 nitrogen and oxygen atoms in total. The highest BCUT2D eigenvalue weighted by Gasteiger charge is 2.14. The highest BCUT2D eigenvalue weighted by Crippen LogP contribution is 2.24. The minimum atomic E-state index is -0.175. The van der Waals surface area contributed by atoms with Gasteiger partial charge in [0, 0.05) is 12.5 Å². The average molecular weight is 219 g/mol. The Bertz CT molecular complexity index is 359. The Morgan fingerprint density at radius 3 is 2.12 bits per heavy atom. The van der Waals surface area contributed by atoms with E-state index in [1.165, 1.54) is 5.56 Å². The van der Waals surface area contributed by atoms with Crippen LogP contribution in [0.2, 0.25) is 0 Å². The number of hydrogen-bond donors (Lipinski definition) is 1. The largest absolute Gasteiger partial charge is 0.324 e. The fourth-order valence-electron chi connectivity index (χ4n) is 1.66. The Hall–Kier alpha value is -1.15. The molecule has 1 rings (SSSR count). The summed E-state index contributed by atoms with van der Waals surface area (Å²) in [5.74, 6) is 0.132. The summed E-state index contributed by atoms with van der Waals surface area (Å²) in [6, 6.07) is 8.05. The van der Waals surface area contributed by atoms with Gasteiger partial charge in [-0.05, 0) is 23.5 Å². The van der Waals surface area contributed by atoms with Crippen LogP contribution in [0.3, 0.4) is 0 Å². The Morgan fingerprint density at radius 1 is 1.25 bits per heavy atom. The maximum atomic E-state index is 11.0. The van der Waals surface area contributed by atoms with E-state index in [-0.39, 0.29) is 17.2 Å². The van der Waals surface area contributed by atoms with E-state index in [4.69, 9.17) is 5.73 Å². The predicted molar refractivity (Wildman–Crippen MR) is 67.4 cm³/mol. The fraction of sp³-hybridized carbons (Fsp3) is 0.500. The molecule has 0 saturated carbocycles. The highest BCUT2D eigenvalue weighted by molar-refractivity contribution is 5.76. The van der Waals surface area contributed by atoms with E-state index in [0.717, 1.165) is 5.56 Å². The van der Waals surface area contributed by atoms with E-state index in [2.05, 4.69) is 32.9 Å². The molecule has 0 aliphatic carbocycles. The van der Waals surface area contributed by atoms with Crippen LogP contribution in [0.1, 0.15) is 51.3 Å².